The Bertz CT molecular complexity index is 732. The van der Waals surface area contributed by atoms with Gasteiger partial charge in [-0.05, 0) is 24.6 Å². The first kappa shape index (κ1) is 17.5. The van der Waals surface area contributed by atoms with E-state index in [1.54, 1.807) is 4.90 Å². The summed E-state index contributed by atoms with van der Waals surface area (Å²) in [4.78, 5) is 31.6. The molecular weight excluding hydrogens is 316 g/mol. The molecule has 0 atom stereocenters. The van der Waals surface area contributed by atoms with E-state index in [4.69, 9.17) is 0 Å². The Morgan fingerprint density at radius 2 is 1.92 bits per heavy atom. The fourth-order valence-electron chi connectivity index (χ4n) is 3.30. The highest BCUT2D eigenvalue weighted by Crippen LogP contribution is 2.17. The Hall–Kier alpha value is -2.34. The smallest absolute Gasteiger partial charge is 0.232 e. The molecule has 0 spiro atoms. The Morgan fingerprint density at radius 1 is 1.16 bits per heavy atom. The lowest BCUT2D eigenvalue weighted by molar-refractivity contribution is -0.137. The van der Waals surface area contributed by atoms with Gasteiger partial charge in [-0.1, -0.05) is 25.1 Å². The maximum Gasteiger partial charge on any atom is 0.232 e. The molecule has 25 heavy (non-hydrogen) atoms. The number of carbonyl (C=O) groups excluding carboxylic acids is 2. The molecule has 6 nitrogen and oxygen atoms in total. The minimum atomic E-state index is -0.192. The zero-order valence-corrected chi connectivity index (χ0v) is 14.8. The Labute approximate surface area is 148 Å². The molecule has 0 aliphatic carbocycles. The molecule has 2 aromatic rings. The van der Waals surface area contributed by atoms with E-state index >= 15 is 0 Å². The number of aromatic amines is 1. The van der Waals surface area contributed by atoms with Crippen molar-refractivity contribution < 1.29 is 9.59 Å². The van der Waals surface area contributed by atoms with Crippen LogP contribution in [0.25, 0.3) is 10.9 Å². The van der Waals surface area contributed by atoms with Gasteiger partial charge in [0.25, 0.3) is 0 Å². The molecule has 1 aromatic carbocycles. The lowest BCUT2D eigenvalue weighted by atomic mass is 10.1. The average Bonchev–Trinajstić information content (AvgIpc) is 3.05. The lowest BCUT2D eigenvalue weighted by Gasteiger charge is -2.33. The van der Waals surface area contributed by atoms with Crippen molar-refractivity contribution in [3.63, 3.8) is 0 Å². The van der Waals surface area contributed by atoms with Crippen LogP contribution in [0.15, 0.2) is 30.5 Å². The third-order valence-corrected chi connectivity index (χ3v) is 4.88. The van der Waals surface area contributed by atoms with Gasteiger partial charge in [0.1, 0.15) is 6.42 Å². The van der Waals surface area contributed by atoms with Crippen LogP contribution in [-0.4, -0.2) is 65.9 Å². The van der Waals surface area contributed by atoms with Gasteiger partial charge in [0.2, 0.25) is 11.8 Å². The van der Waals surface area contributed by atoms with Crippen LogP contribution in [-0.2, 0) is 16.0 Å². The van der Waals surface area contributed by atoms with Crippen molar-refractivity contribution in [3.05, 3.63) is 36.0 Å². The van der Waals surface area contributed by atoms with Crippen molar-refractivity contribution in [3.8, 4) is 0 Å². The van der Waals surface area contributed by atoms with E-state index < -0.39 is 0 Å². The molecule has 0 bridgehead atoms. The summed E-state index contributed by atoms with van der Waals surface area (Å²) in [5.41, 5.74) is 2.28. The number of carbonyl (C=O) groups is 2. The maximum absolute atomic E-state index is 12.2. The number of rotatable bonds is 6. The quantitative estimate of drug-likeness (QED) is 0.780. The first-order valence-corrected chi connectivity index (χ1v) is 8.99. The number of hydrogen-bond donors (Lipinski definition) is 2. The van der Waals surface area contributed by atoms with Crippen LogP contribution in [0.1, 0.15) is 18.9 Å². The normalized spacial score (nSPS) is 15.5. The number of piperazine rings is 1. The van der Waals surface area contributed by atoms with Crippen molar-refractivity contribution in [2.45, 2.75) is 19.8 Å². The number of benzene rings is 1. The molecule has 0 saturated carbocycles. The number of H-pyrrole nitrogens is 1. The Kier molecular flexibility index (Phi) is 5.71. The predicted molar refractivity (Wildman–Crippen MR) is 98.3 cm³/mol. The zero-order valence-electron chi connectivity index (χ0n) is 14.8. The largest absolute Gasteiger partial charge is 0.361 e. The number of nitrogens with zero attached hydrogens (tertiary/aromatic N) is 2. The monoisotopic (exact) mass is 342 g/mol. The number of likely N-dealkylation sites (N-methyl/N-ethyl adjacent to an activating group) is 1. The molecule has 2 amide bonds. The molecule has 0 radical (unpaired) electrons. The van der Waals surface area contributed by atoms with Crippen molar-refractivity contribution in [2.75, 3.05) is 39.3 Å². The molecule has 6 heteroatoms. The summed E-state index contributed by atoms with van der Waals surface area (Å²) >= 11 is 0. The molecule has 134 valence electrons. The van der Waals surface area contributed by atoms with Crippen LogP contribution >= 0.6 is 0 Å². The van der Waals surface area contributed by atoms with Crippen LogP contribution in [0.3, 0.4) is 0 Å². The fourth-order valence-corrected chi connectivity index (χ4v) is 3.30. The van der Waals surface area contributed by atoms with Gasteiger partial charge >= 0.3 is 0 Å². The summed E-state index contributed by atoms with van der Waals surface area (Å²) in [5, 5.41) is 4.05. The topological polar surface area (TPSA) is 68.4 Å². The second kappa shape index (κ2) is 8.16. The number of amides is 2. The Balaban J connectivity index is 1.41. The number of aromatic nitrogens is 1. The van der Waals surface area contributed by atoms with Crippen LogP contribution in [0.2, 0.25) is 0 Å². The van der Waals surface area contributed by atoms with Gasteiger partial charge in [-0.3, -0.25) is 9.59 Å². The molecule has 2 heterocycles. The number of hydrogen-bond acceptors (Lipinski definition) is 3. The second-order valence-electron chi connectivity index (χ2n) is 6.45. The van der Waals surface area contributed by atoms with Crippen molar-refractivity contribution >= 4 is 22.7 Å². The molecule has 1 aliphatic rings. The van der Waals surface area contributed by atoms with Crippen LogP contribution in [0.4, 0.5) is 0 Å². The SMILES string of the molecule is CCN1CCN(C(=O)CC(=O)NCCc2c[nH]c3ccccc23)CC1. The van der Waals surface area contributed by atoms with E-state index in [1.165, 1.54) is 10.9 Å². The predicted octanol–water partition coefficient (Wildman–Crippen LogP) is 1.38. The van der Waals surface area contributed by atoms with Gasteiger partial charge in [0.05, 0.1) is 0 Å². The first-order chi connectivity index (χ1) is 12.2. The van der Waals surface area contributed by atoms with E-state index in [1.807, 2.05) is 24.4 Å². The highest BCUT2D eigenvalue weighted by Gasteiger charge is 2.21. The summed E-state index contributed by atoms with van der Waals surface area (Å²) in [6.45, 7) is 6.89. The van der Waals surface area contributed by atoms with Gasteiger partial charge in [-0.15, -0.1) is 0 Å². The van der Waals surface area contributed by atoms with Gasteiger partial charge < -0.3 is 20.1 Å². The van der Waals surface area contributed by atoms with Crippen LogP contribution < -0.4 is 5.32 Å². The van der Waals surface area contributed by atoms with Crippen LogP contribution in [0.5, 0.6) is 0 Å². The summed E-state index contributed by atoms with van der Waals surface area (Å²) in [6, 6.07) is 8.11. The fraction of sp³-hybridized carbons (Fsp3) is 0.474. The maximum atomic E-state index is 12.2. The molecule has 3 rings (SSSR count). The highest BCUT2D eigenvalue weighted by atomic mass is 16.2. The molecule has 2 N–H and O–H groups in total. The minimum absolute atomic E-state index is 0.0555. The molecular formula is C19H26N4O2. The molecule has 1 fully saturated rings. The third kappa shape index (κ3) is 4.39. The zero-order chi connectivity index (χ0) is 17.6. The molecule has 1 aromatic heterocycles. The standard InChI is InChI=1S/C19H26N4O2/c1-2-22-9-11-23(12-10-22)19(25)13-18(24)20-8-7-15-14-21-17-6-4-3-5-16(15)17/h3-6,14,21H,2,7-13H2,1H3,(H,20,24). The number of fused-ring (bicyclic) bond motifs is 1. The second-order valence-corrected chi connectivity index (χ2v) is 6.45. The van der Waals surface area contributed by atoms with Crippen LogP contribution in [0, 0.1) is 0 Å². The van der Waals surface area contributed by atoms with Gasteiger partial charge in [-0.25, -0.2) is 0 Å². The van der Waals surface area contributed by atoms with Crippen molar-refractivity contribution in [2.24, 2.45) is 0 Å². The van der Waals surface area contributed by atoms with Gasteiger partial charge in [0, 0.05) is 49.8 Å². The molecule has 1 aliphatic heterocycles. The number of nitrogens with one attached hydrogen (secondary N) is 2. The van der Waals surface area contributed by atoms with E-state index in [9.17, 15) is 9.59 Å². The summed E-state index contributed by atoms with van der Waals surface area (Å²) < 4.78 is 0. The molecule has 0 unspecified atom stereocenters. The minimum Gasteiger partial charge on any atom is -0.361 e. The first-order valence-electron chi connectivity index (χ1n) is 8.99. The summed E-state index contributed by atoms with van der Waals surface area (Å²) in [6.07, 6.45) is 2.67. The Morgan fingerprint density at radius 3 is 2.68 bits per heavy atom. The van der Waals surface area contributed by atoms with E-state index in [0.29, 0.717) is 6.54 Å². The summed E-state index contributed by atoms with van der Waals surface area (Å²) in [7, 11) is 0. The van der Waals surface area contributed by atoms with Gasteiger partial charge in [-0.2, -0.15) is 0 Å². The molecule has 1 saturated heterocycles. The van der Waals surface area contributed by atoms with E-state index in [2.05, 4.69) is 28.2 Å². The van der Waals surface area contributed by atoms with Crippen molar-refractivity contribution in [1.29, 1.82) is 0 Å². The lowest BCUT2D eigenvalue weighted by Crippen LogP contribution is -2.49. The summed E-state index contributed by atoms with van der Waals surface area (Å²) in [5.74, 6) is -0.261. The highest BCUT2D eigenvalue weighted by molar-refractivity contribution is 5.97. The number of para-hydroxylation sites is 1. The third-order valence-electron chi connectivity index (χ3n) is 4.88. The van der Waals surface area contributed by atoms with Crippen molar-refractivity contribution in [1.82, 2.24) is 20.1 Å². The van der Waals surface area contributed by atoms with Gasteiger partial charge in [0.15, 0.2) is 0 Å². The van der Waals surface area contributed by atoms with E-state index in [-0.39, 0.29) is 18.2 Å². The van der Waals surface area contributed by atoms with E-state index in [0.717, 1.165) is 44.7 Å². The average molecular weight is 342 g/mol.